The third-order valence-electron chi connectivity index (χ3n) is 2.96. The predicted molar refractivity (Wildman–Crippen MR) is 95.1 cm³/mol. The summed E-state index contributed by atoms with van der Waals surface area (Å²) in [6, 6.07) is 5.17. The number of carbonyl (C=O) groups is 2. The molecule has 0 aliphatic carbocycles. The Morgan fingerprint density at radius 3 is 2.52 bits per heavy atom. The van der Waals surface area contributed by atoms with Gasteiger partial charge in [0.15, 0.2) is 18.1 Å². The van der Waals surface area contributed by atoms with Crippen LogP contribution in [-0.4, -0.2) is 51.2 Å². The van der Waals surface area contributed by atoms with E-state index in [0.29, 0.717) is 28.1 Å². The van der Waals surface area contributed by atoms with E-state index in [1.165, 1.54) is 18.1 Å². The second-order valence-corrected chi connectivity index (χ2v) is 5.85. The van der Waals surface area contributed by atoms with Crippen molar-refractivity contribution >= 4 is 33.9 Å². The smallest absolute Gasteiger partial charge is 0.343 e. The van der Waals surface area contributed by atoms with Crippen LogP contribution in [0.1, 0.15) is 12.5 Å². The largest absolute Gasteiger partial charge is 0.490 e. The van der Waals surface area contributed by atoms with Crippen LogP contribution in [0.5, 0.6) is 11.5 Å². The lowest BCUT2D eigenvalue weighted by atomic mass is 10.1. The van der Waals surface area contributed by atoms with Crippen LogP contribution >= 0.6 is 15.9 Å². The molecule has 0 spiro atoms. The summed E-state index contributed by atoms with van der Waals surface area (Å²) in [6.07, 6.45) is 1.46. The van der Waals surface area contributed by atoms with E-state index in [9.17, 15) is 14.9 Å². The SMILES string of the molecule is CCOc1cc(/C=C(/C#N)C(=O)N(C)C)cc(Br)c1OCC(=O)OC. The molecule has 1 amide bonds. The first-order valence-electron chi connectivity index (χ1n) is 7.33. The van der Waals surface area contributed by atoms with Crippen LogP contribution in [-0.2, 0) is 14.3 Å². The molecule has 0 unspecified atom stereocenters. The lowest BCUT2D eigenvalue weighted by molar-refractivity contribution is -0.143. The molecule has 0 heterocycles. The molecule has 0 aliphatic heterocycles. The van der Waals surface area contributed by atoms with Crippen LogP contribution in [0.15, 0.2) is 22.2 Å². The number of halogens is 1. The first kappa shape index (κ1) is 20.5. The molecular weight excluding hydrogens is 392 g/mol. The normalized spacial score (nSPS) is 10.6. The standard InChI is InChI=1S/C17H19BrN2O5/c1-5-24-14-8-11(6-12(9-19)17(22)20(2)3)7-13(18)16(14)25-10-15(21)23-4/h6-8H,5,10H2,1-4H3/b12-6-. The minimum absolute atomic E-state index is 0.0115. The first-order valence-corrected chi connectivity index (χ1v) is 8.12. The fraction of sp³-hybridized carbons (Fsp3) is 0.353. The molecule has 134 valence electrons. The number of ether oxygens (including phenoxy) is 3. The monoisotopic (exact) mass is 410 g/mol. The first-order chi connectivity index (χ1) is 11.8. The fourth-order valence-corrected chi connectivity index (χ4v) is 2.39. The highest BCUT2D eigenvalue weighted by atomic mass is 79.9. The molecule has 1 aromatic rings. The van der Waals surface area contributed by atoms with Crippen molar-refractivity contribution in [2.75, 3.05) is 34.4 Å². The Labute approximate surface area is 154 Å². The molecule has 0 aliphatic rings. The van der Waals surface area contributed by atoms with Gasteiger partial charge in [0.1, 0.15) is 11.6 Å². The van der Waals surface area contributed by atoms with Gasteiger partial charge in [-0.3, -0.25) is 4.79 Å². The summed E-state index contributed by atoms with van der Waals surface area (Å²) < 4.78 is 16.0. The van der Waals surface area contributed by atoms with Crippen molar-refractivity contribution < 1.29 is 23.8 Å². The van der Waals surface area contributed by atoms with Gasteiger partial charge in [-0.1, -0.05) is 0 Å². The fourth-order valence-electron chi connectivity index (χ4n) is 1.81. The zero-order valence-electron chi connectivity index (χ0n) is 14.5. The Balaban J connectivity index is 3.26. The molecule has 0 radical (unpaired) electrons. The third kappa shape index (κ3) is 5.80. The molecule has 0 N–H and O–H groups in total. The lowest BCUT2D eigenvalue weighted by Crippen LogP contribution is -2.22. The predicted octanol–water partition coefficient (Wildman–Crippen LogP) is 2.39. The van der Waals surface area contributed by atoms with Crippen molar-refractivity contribution in [1.82, 2.24) is 4.90 Å². The summed E-state index contributed by atoms with van der Waals surface area (Å²) in [5.74, 6) is -0.215. The number of nitrogens with zero attached hydrogens (tertiary/aromatic N) is 2. The Morgan fingerprint density at radius 2 is 2.00 bits per heavy atom. The number of esters is 1. The molecule has 0 saturated carbocycles. The molecule has 0 aromatic heterocycles. The second kappa shape index (κ2) is 9.69. The highest BCUT2D eigenvalue weighted by Crippen LogP contribution is 2.37. The number of carbonyl (C=O) groups excluding carboxylic acids is 2. The van der Waals surface area contributed by atoms with Crippen molar-refractivity contribution in [3.63, 3.8) is 0 Å². The van der Waals surface area contributed by atoms with E-state index >= 15 is 0 Å². The van der Waals surface area contributed by atoms with E-state index in [4.69, 9.17) is 9.47 Å². The van der Waals surface area contributed by atoms with Gasteiger partial charge in [-0.25, -0.2) is 4.79 Å². The second-order valence-electron chi connectivity index (χ2n) is 5.00. The van der Waals surface area contributed by atoms with E-state index in [2.05, 4.69) is 20.7 Å². The van der Waals surface area contributed by atoms with E-state index < -0.39 is 11.9 Å². The van der Waals surface area contributed by atoms with E-state index in [1.807, 2.05) is 6.07 Å². The molecule has 25 heavy (non-hydrogen) atoms. The number of hydrogen-bond donors (Lipinski definition) is 0. The van der Waals surface area contributed by atoms with E-state index in [-0.39, 0.29) is 12.2 Å². The molecule has 0 saturated heterocycles. The van der Waals surface area contributed by atoms with Gasteiger partial charge in [-0.2, -0.15) is 5.26 Å². The Bertz CT molecular complexity index is 722. The number of amides is 1. The summed E-state index contributed by atoms with van der Waals surface area (Å²) in [5.41, 5.74) is 0.565. The number of nitriles is 1. The van der Waals surface area contributed by atoms with Crippen molar-refractivity contribution in [3.8, 4) is 17.6 Å². The van der Waals surface area contributed by atoms with Gasteiger partial charge in [-0.15, -0.1) is 0 Å². The van der Waals surface area contributed by atoms with Crippen LogP contribution < -0.4 is 9.47 Å². The Morgan fingerprint density at radius 1 is 1.32 bits per heavy atom. The lowest BCUT2D eigenvalue weighted by Gasteiger charge is -2.14. The maximum absolute atomic E-state index is 12.0. The molecule has 8 heteroatoms. The molecular formula is C17H19BrN2O5. The van der Waals surface area contributed by atoms with Gasteiger partial charge in [0.2, 0.25) is 0 Å². The summed E-state index contributed by atoms with van der Waals surface area (Å²) in [4.78, 5) is 24.6. The Kier molecular flexibility index (Phi) is 7.95. The maximum atomic E-state index is 12.0. The summed E-state index contributed by atoms with van der Waals surface area (Å²) in [5, 5.41) is 9.19. The van der Waals surface area contributed by atoms with Gasteiger partial charge in [0.25, 0.3) is 5.91 Å². The summed E-state index contributed by atoms with van der Waals surface area (Å²) in [6.45, 7) is 1.90. The van der Waals surface area contributed by atoms with Gasteiger partial charge < -0.3 is 19.1 Å². The van der Waals surface area contributed by atoms with E-state index in [1.54, 1.807) is 33.2 Å². The molecule has 0 atom stereocenters. The third-order valence-corrected chi connectivity index (χ3v) is 3.55. The number of methoxy groups -OCH3 is 1. The molecule has 0 fully saturated rings. The van der Waals surface area contributed by atoms with E-state index in [0.717, 1.165) is 0 Å². The van der Waals surface area contributed by atoms with Crippen molar-refractivity contribution in [1.29, 1.82) is 5.26 Å². The van der Waals surface area contributed by atoms with Crippen LogP contribution in [0, 0.1) is 11.3 Å². The van der Waals surface area contributed by atoms with Crippen LogP contribution in [0.2, 0.25) is 0 Å². The summed E-state index contributed by atoms with van der Waals surface area (Å²) >= 11 is 3.35. The number of benzene rings is 1. The minimum atomic E-state index is -0.526. The number of likely N-dealkylation sites (N-methyl/N-ethyl adjacent to an activating group) is 1. The highest BCUT2D eigenvalue weighted by molar-refractivity contribution is 9.10. The highest BCUT2D eigenvalue weighted by Gasteiger charge is 2.16. The van der Waals surface area contributed by atoms with Crippen molar-refractivity contribution in [2.24, 2.45) is 0 Å². The minimum Gasteiger partial charge on any atom is -0.490 e. The maximum Gasteiger partial charge on any atom is 0.343 e. The molecule has 1 rings (SSSR count). The van der Waals surface area contributed by atoms with Gasteiger partial charge in [0.05, 0.1) is 18.2 Å². The Hall–Kier alpha value is -2.53. The zero-order chi connectivity index (χ0) is 19.0. The zero-order valence-corrected chi connectivity index (χ0v) is 16.0. The average molecular weight is 411 g/mol. The van der Waals surface area contributed by atoms with Gasteiger partial charge in [-0.05, 0) is 46.6 Å². The van der Waals surface area contributed by atoms with Gasteiger partial charge in [0, 0.05) is 14.1 Å². The van der Waals surface area contributed by atoms with Crippen LogP contribution in [0.3, 0.4) is 0 Å². The van der Waals surface area contributed by atoms with Crippen molar-refractivity contribution in [2.45, 2.75) is 6.92 Å². The van der Waals surface area contributed by atoms with Crippen LogP contribution in [0.25, 0.3) is 6.08 Å². The molecule has 7 nitrogen and oxygen atoms in total. The molecule has 0 bridgehead atoms. The average Bonchev–Trinajstić information content (AvgIpc) is 2.58. The van der Waals surface area contributed by atoms with Gasteiger partial charge >= 0.3 is 5.97 Å². The van der Waals surface area contributed by atoms with Crippen LogP contribution in [0.4, 0.5) is 0 Å². The number of rotatable bonds is 7. The summed E-state index contributed by atoms with van der Waals surface area (Å²) in [7, 11) is 4.40. The van der Waals surface area contributed by atoms with Crippen molar-refractivity contribution in [3.05, 3.63) is 27.7 Å². The number of hydrogen-bond acceptors (Lipinski definition) is 6. The molecule has 1 aromatic carbocycles. The quantitative estimate of drug-likeness (QED) is 0.389. The topological polar surface area (TPSA) is 88.9 Å².